The van der Waals surface area contributed by atoms with Crippen molar-refractivity contribution in [3.8, 4) is 0 Å². The third-order valence-corrected chi connectivity index (χ3v) is 4.05. The smallest absolute Gasteiger partial charge is 0.147 e. The maximum absolute atomic E-state index is 4.73. The van der Waals surface area contributed by atoms with Crippen LogP contribution in [-0.4, -0.2) is 28.0 Å². The van der Waals surface area contributed by atoms with Crippen LogP contribution in [-0.2, 0) is 0 Å². The Bertz CT molecular complexity index is 757. The number of hydrogen-bond acceptors (Lipinski definition) is 4. The molecule has 0 bridgehead atoms. The lowest BCUT2D eigenvalue weighted by Crippen LogP contribution is -2.20. The lowest BCUT2D eigenvalue weighted by atomic mass is 10.0. The molecule has 4 nitrogen and oxygen atoms in total. The van der Waals surface area contributed by atoms with E-state index >= 15 is 0 Å². The minimum atomic E-state index is 0.486. The van der Waals surface area contributed by atoms with Gasteiger partial charge in [-0.15, -0.1) is 0 Å². The molecule has 3 aromatic rings. The molecule has 0 saturated carbocycles. The summed E-state index contributed by atoms with van der Waals surface area (Å²) in [7, 11) is 0. The highest BCUT2D eigenvalue weighted by molar-refractivity contribution is 5.75. The fraction of sp³-hybridized carbons (Fsp3) is 0.235. The van der Waals surface area contributed by atoms with Crippen molar-refractivity contribution < 1.29 is 0 Å². The van der Waals surface area contributed by atoms with Crippen LogP contribution in [0.4, 0.5) is 5.82 Å². The molecule has 0 amide bonds. The van der Waals surface area contributed by atoms with Crippen LogP contribution in [0.15, 0.2) is 54.9 Å². The summed E-state index contributed by atoms with van der Waals surface area (Å²) in [6.45, 7) is 1.97. The molecule has 1 fully saturated rings. The van der Waals surface area contributed by atoms with Crippen LogP contribution >= 0.6 is 0 Å². The molecule has 4 heteroatoms. The van der Waals surface area contributed by atoms with E-state index < -0.39 is 0 Å². The summed E-state index contributed by atoms with van der Waals surface area (Å²) in [6, 6.07) is 14.1. The van der Waals surface area contributed by atoms with Gasteiger partial charge in [0.05, 0.1) is 17.2 Å². The summed E-state index contributed by atoms with van der Waals surface area (Å²) in [4.78, 5) is 16.0. The van der Waals surface area contributed by atoms with E-state index in [1.165, 1.54) is 5.69 Å². The van der Waals surface area contributed by atoms with Crippen molar-refractivity contribution in [1.82, 2.24) is 15.0 Å². The highest BCUT2D eigenvalue weighted by Crippen LogP contribution is 2.28. The van der Waals surface area contributed by atoms with E-state index in [9.17, 15) is 0 Å². The maximum Gasteiger partial charge on any atom is 0.147 e. The van der Waals surface area contributed by atoms with Crippen LogP contribution in [0.25, 0.3) is 11.0 Å². The van der Waals surface area contributed by atoms with E-state index in [1.54, 1.807) is 0 Å². The standard InChI is InChI=1S/C17H16N4/c1-2-7-16-15(6-1)19-11-17(20-16)21-10-8-13(12-21)14-5-3-4-9-18-14/h1-7,9,11,13H,8,10,12H2. The van der Waals surface area contributed by atoms with Crippen LogP contribution in [0.2, 0.25) is 0 Å². The van der Waals surface area contributed by atoms with Gasteiger partial charge in [-0.2, -0.15) is 0 Å². The van der Waals surface area contributed by atoms with Crippen molar-refractivity contribution in [3.05, 3.63) is 60.6 Å². The van der Waals surface area contributed by atoms with Gasteiger partial charge < -0.3 is 4.90 Å². The van der Waals surface area contributed by atoms with Crippen molar-refractivity contribution in [2.45, 2.75) is 12.3 Å². The molecular formula is C17H16N4. The van der Waals surface area contributed by atoms with Gasteiger partial charge in [-0.3, -0.25) is 9.97 Å². The molecule has 3 heterocycles. The third-order valence-electron chi connectivity index (χ3n) is 4.05. The van der Waals surface area contributed by atoms with Gasteiger partial charge in [-0.1, -0.05) is 18.2 Å². The van der Waals surface area contributed by atoms with Gasteiger partial charge in [0, 0.05) is 30.9 Å². The number of pyridine rings is 1. The number of rotatable bonds is 2. The topological polar surface area (TPSA) is 41.9 Å². The average Bonchev–Trinajstić information content (AvgIpc) is 3.05. The van der Waals surface area contributed by atoms with Crippen LogP contribution < -0.4 is 4.90 Å². The number of anilines is 1. The first-order chi connectivity index (χ1) is 10.4. The number of hydrogen-bond donors (Lipinski definition) is 0. The SMILES string of the molecule is c1ccc(C2CCN(c3cnc4ccccc4n3)C2)nc1. The van der Waals surface area contributed by atoms with Gasteiger partial charge >= 0.3 is 0 Å². The predicted molar refractivity (Wildman–Crippen MR) is 83.3 cm³/mol. The van der Waals surface area contributed by atoms with Gasteiger partial charge in [-0.05, 0) is 30.7 Å². The zero-order chi connectivity index (χ0) is 14.1. The fourth-order valence-corrected chi connectivity index (χ4v) is 2.93. The first-order valence-electron chi connectivity index (χ1n) is 7.28. The molecule has 104 valence electrons. The Labute approximate surface area is 123 Å². The zero-order valence-electron chi connectivity index (χ0n) is 11.7. The predicted octanol–water partition coefficient (Wildman–Crippen LogP) is 3.02. The fourth-order valence-electron chi connectivity index (χ4n) is 2.93. The molecule has 1 aliphatic rings. The Kier molecular flexibility index (Phi) is 2.99. The minimum absolute atomic E-state index is 0.486. The molecule has 1 unspecified atom stereocenters. The molecule has 0 N–H and O–H groups in total. The van der Waals surface area contributed by atoms with E-state index in [4.69, 9.17) is 4.98 Å². The number of fused-ring (bicyclic) bond motifs is 1. The van der Waals surface area contributed by atoms with E-state index in [0.717, 1.165) is 36.4 Å². The molecule has 0 aliphatic carbocycles. The van der Waals surface area contributed by atoms with E-state index in [-0.39, 0.29) is 0 Å². The first-order valence-corrected chi connectivity index (χ1v) is 7.28. The number of aromatic nitrogens is 3. The van der Waals surface area contributed by atoms with E-state index in [0.29, 0.717) is 5.92 Å². The highest BCUT2D eigenvalue weighted by atomic mass is 15.2. The lowest BCUT2D eigenvalue weighted by molar-refractivity contribution is 0.744. The summed E-state index contributed by atoms with van der Waals surface area (Å²) < 4.78 is 0. The van der Waals surface area contributed by atoms with E-state index in [2.05, 4.69) is 27.0 Å². The van der Waals surface area contributed by atoms with Crippen molar-refractivity contribution in [1.29, 1.82) is 0 Å². The van der Waals surface area contributed by atoms with Gasteiger partial charge in [0.25, 0.3) is 0 Å². The minimum Gasteiger partial charge on any atom is -0.355 e. The molecule has 1 saturated heterocycles. The van der Waals surface area contributed by atoms with Crippen molar-refractivity contribution in [2.75, 3.05) is 18.0 Å². The first kappa shape index (κ1) is 12.3. The second-order valence-electron chi connectivity index (χ2n) is 5.40. The molecule has 1 atom stereocenters. The Morgan fingerprint density at radius 1 is 0.952 bits per heavy atom. The molecule has 4 rings (SSSR count). The quantitative estimate of drug-likeness (QED) is 0.721. The van der Waals surface area contributed by atoms with Gasteiger partial charge in [0.2, 0.25) is 0 Å². The molecule has 1 aromatic carbocycles. The van der Waals surface area contributed by atoms with Crippen molar-refractivity contribution in [2.24, 2.45) is 0 Å². The Balaban J connectivity index is 1.59. The molecule has 1 aliphatic heterocycles. The largest absolute Gasteiger partial charge is 0.355 e. The van der Waals surface area contributed by atoms with Gasteiger partial charge in [0.15, 0.2) is 0 Å². The second kappa shape index (κ2) is 5.13. The number of para-hydroxylation sites is 2. The maximum atomic E-state index is 4.73. The molecular weight excluding hydrogens is 260 g/mol. The van der Waals surface area contributed by atoms with Crippen LogP contribution in [0.3, 0.4) is 0 Å². The molecule has 0 spiro atoms. The van der Waals surface area contributed by atoms with Crippen LogP contribution in [0, 0.1) is 0 Å². The monoisotopic (exact) mass is 276 g/mol. The summed E-state index contributed by atoms with van der Waals surface area (Å²) in [6.07, 6.45) is 4.86. The van der Waals surface area contributed by atoms with Gasteiger partial charge in [-0.25, -0.2) is 4.98 Å². The van der Waals surface area contributed by atoms with Crippen LogP contribution in [0.5, 0.6) is 0 Å². The molecule has 0 radical (unpaired) electrons. The lowest BCUT2D eigenvalue weighted by Gasteiger charge is -2.17. The highest BCUT2D eigenvalue weighted by Gasteiger charge is 2.25. The molecule has 21 heavy (non-hydrogen) atoms. The van der Waals surface area contributed by atoms with Crippen molar-refractivity contribution in [3.63, 3.8) is 0 Å². The molecule has 2 aromatic heterocycles. The van der Waals surface area contributed by atoms with Gasteiger partial charge in [0.1, 0.15) is 5.82 Å². The van der Waals surface area contributed by atoms with Crippen LogP contribution in [0.1, 0.15) is 18.0 Å². The van der Waals surface area contributed by atoms with E-state index in [1.807, 2.05) is 42.7 Å². The Hall–Kier alpha value is -2.49. The summed E-state index contributed by atoms with van der Waals surface area (Å²) in [5.74, 6) is 1.45. The number of nitrogens with zero attached hydrogens (tertiary/aromatic N) is 4. The Morgan fingerprint density at radius 3 is 2.67 bits per heavy atom. The normalized spacial score (nSPS) is 18.3. The van der Waals surface area contributed by atoms with Crippen molar-refractivity contribution >= 4 is 16.9 Å². The Morgan fingerprint density at radius 2 is 1.81 bits per heavy atom. The summed E-state index contributed by atoms with van der Waals surface area (Å²) in [5, 5.41) is 0. The number of benzene rings is 1. The zero-order valence-corrected chi connectivity index (χ0v) is 11.7. The second-order valence-corrected chi connectivity index (χ2v) is 5.40. The summed E-state index contributed by atoms with van der Waals surface area (Å²) in [5.41, 5.74) is 3.08. The summed E-state index contributed by atoms with van der Waals surface area (Å²) >= 11 is 0. The average molecular weight is 276 g/mol. The third kappa shape index (κ3) is 2.33.